The van der Waals surface area contributed by atoms with Gasteiger partial charge in [-0.05, 0) is 55.9 Å². The first-order chi connectivity index (χ1) is 17.2. The van der Waals surface area contributed by atoms with Crippen LogP contribution in [-0.2, 0) is 4.57 Å². The summed E-state index contributed by atoms with van der Waals surface area (Å²) in [5.41, 5.74) is 0. The lowest BCUT2D eigenvalue weighted by Crippen LogP contribution is -2.24. The van der Waals surface area contributed by atoms with Crippen molar-refractivity contribution in [3.8, 4) is 0 Å². The normalized spacial score (nSPS) is 12.1. The Morgan fingerprint density at radius 2 is 1.03 bits per heavy atom. The maximum absolute atomic E-state index is 15.0. The van der Waals surface area contributed by atoms with E-state index in [-0.39, 0.29) is 0 Å². The van der Waals surface area contributed by atoms with Gasteiger partial charge in [-0.2, -0.15) is 0 Å². The van der Waals surface area contributed by atoms with Crippen LogP contribution in [0.2, 0.25) is 0 Å². The van der Waals surface area contributed by atoms with Crippen LogP contribution in [0, 0.1) is 0 Å². The number of hydrogen-bond donors (Lipinski definition) is 0. The monoisotopic (exact) mass is 484 g/mol. The minimum absolute atomic E-state index is 0.857. The summed E-state index contributed by atoms with van der Waals surface area (Å²) in [6.07, 6.45) is 0. The molecule has 0 aliphatic carbocycles. The molecule has 6 aromatic carbocycles. The molecule has 7 aromatic rings. The van der Waals surface area contributed by atoms with Gasteiger partial charge in [-0.25, -0.2) is 0 Å². The van der Waals surface area contributed by atoms with Crippen LogP contribution in [0.25, 0.3) is 42.4 Å². The predicted molar refractivity (Wildman–Crippen MR) is 154 cm³/mol. The second-order valence-electron chi connectivity index (χ2n) is 8.91. The number of fused-ring (bicyclic) bond motifs is 7. The fourth-order valence-corrected chi connectivity index (χ4v) is 8.79. The largest absolute Gasteiger partial charge is 0.309 e. The fourth-order valence-electron chi connectivity index (χ4n) is 5.32. The Hall–Kier alpha value is -3.71. The van der Waals surface area contributed by atoms with Crippen LogP contribution in [0.1, 0.15) is 0 Å². The van der Waals surface area contributed by atoms with Crippen molar-refractivity contribution in [2.45, 2.75) is 0 Å². The van der Waals surface area contributed by atoms with Crippen molar-refractivity contribution < 1.29 is 4.57 Å². The summed E-state index contributed by atoms with van der Waals surface area (Å²) in [6.45, 7) is 0. The molecule has 166 valence electrons. The van der Waals surface area contributed by atoms with Crippen molar-refractivity contribution in [3.05, 3.63) is 127 Å². The molecule has 3 heteroatoms. The van der Waals surface area contributed by atoms with E-state index in [0.717, 1.165) is 26.7 Å². The standard InChI is InChI=1S/C32H21OPS/c33-34(25-7-3-1-4-8-25,26-9-5-2-6-10-26)27-17-15-22-11-12-23-13-14-24-16-18-30-28(19-20-35-30)31(24)32(23)29(22)21-27/h1-21H. The van der Waals surface area contributed by atoms with Gasteiger partial charge >= 0.3 is 0 Å². The van der Waals surface area contributed by atoms with E-state index in [0.29, 0.717) is 0 Å². The van der Waals surface area contributed by atoms with Crippen LogP contribution in [0.15, 0.2) is 127 Å². The Morgan fingerprint density at radius 1 is 0.486 bits per heavy atom. The Labute approximate surface area is 207 Å². The van der Waals surface area contributed by atoms with Crippen LogP contribution in [0.4, 0.5) is 0 Å². The van der Waals surface area contributed by atoms with Crippen molar-refractivity contribution in [2.24, 2.45) is 0 Å². The maximum Gasteiger partial charge on any atom is 0.171 e. The first kappa shape index (κ1) is 20.6. The molecule has 0 aliphatic heterocycles. The van der Waals surface area contributed by atoms with Gasteiger partial charge in [0.25, 0.3) is 0 Å². The lowest BCUT2D eigenvalue weighted by atomic mass is 9.95. The fraction of sp³-hybridized carbons (Fsp3) is 0. The summed E-state index contributed by atoms with van der Waals surface area (Å²) < 4.78 is 16.3. The van der Waals surface area contributed by atoms with Gasteiger partial charge in [0.2, 0.25) is 0 Å². The molecule has 0 aliphatic rings. The van der Waals surface area contributed by atoms with E-state index in [1.54, 1.807) is 11.3 Å². The van der Waals surface area contributed by atoms with Crippen molar-refractivity contribution in [1.29, 1.82) is 0 Å². The molecular weight excluding hydrogens is 463 g/mol. The lowest BCUT2D eigenvalue weighted by Gasteiger charge is -2.21. The molecule has 0 amide bonds. The maximum atomic E-state index is 15.0. The molecule has 1 aromatic heterocycles. The molecule has 1 nitrogen and oxygen atoms in total. The van der Waals surface area contributed by atoms with Crippen molar-refractivity contribution >= 4 is 76.8 Å². The molecule has 7 rings (SSSR count). The third-order valence-electron chi connectivity index (χ3n) is 7.00. The van der Waals surface area contributed by atoms with Gasteiger partial charge in [0.05, 0.1) is 0 Å². The van der Waals surface area contributed by atoms with E-state index < -0.39 is 7.14 Å². The van der Waals surface area contributed by atoms with Gasteiger partial charge in [-0.1, -0.05) is 103 Å². The van der Waals surface area contributed by atoms with Crippen LogP contribution >= 0.6 is 18.5 Å². The smallest absolute Gasteiger partial charge is 0.171 e. The average molecular weight is 485 g/mol. The molecule has 0 saturated carbocycles. The third-order valence-corrected chi connectivity index (χ3v) is 10.9. The predicted octanol–water partition coefficient (Wildman–Crippen LogP) is 8.00. The number of hydrogen-bond acceptors (Lipinski definition) is 2. The van der Waals surface area contributed by atoms with Crippen molar-refractivity contribution in [3.63, 3.8) is 0 Å². The highest BCUT2D eigenvalue weighted by atomic mass is 32.1. The number of rotatable bonds is 3. The zero-order valence-corrected chi connectivity index (χ0v) is 20.6. The molecule has 35 heavy (non-hydrogen) atoms. The number of thiophene rings is 1. The Balaban J connectivity index is 1.62. The molecule has 1 heterocycles. The van der Waals surface area contributed by atoms with Gasteiger partial charge in [0, 0.05) is 26.0 Å². The van der Waals surface area contributed by atoms with Gasteiger partial charge in [0.15, 0.2) is 7.14 Å². The summed E-state index contributed by atoms with van der Waals surface area (Å²) in [5, 5.41) is 13.3. The molecule has 0 atom stereocenters. The molecular formula is C32H21OPS. The van der Waals surface area contributed by atoms with Gasteiger partial charge < -0.3 is 4.57 Å². The van der Waals surface area contributed by atoms with E-state index in [2.05, 4.69) is 66.0 Å². The zero-order chi connectivity index (χ0) is 23.4. The van der Waals surface area contributed by atoms with Crippen molar-refractivity contribution in [2.75, 3.05) is 0 Å². The number of benzene rings is 6. The molecule has 0 bridgehead atoms. The van der Waals surface area contributed by atoms with Crippen LogP contribution in [0.3, 0.4) is 0 Å². The molecule has 0 N–H and O–H groups in total. The highest BCUT2D eigenvalue weighted by Gasteiger charge is 2.29. The molecule has 0 saturated heterocycles. The van der Waals surface area contributed by atoms with Crippen LogP contribution in [-0.4, -0.2) is 0 Å². The second kappa shape index (κ2) is 7.92. The molecule has 0 spiro atoms. The zero-order valence-electron chi connectivity index (χ0n) is 18.9. The second-order valence-corrected chi connectivity index (χ2v) is 12.6. The summed E-state index contributed by atoms with van der Waals surface area (Å²) in [4.78, 5) is 0. The van der Waals surface area contributed by atoms with Gasteiger partial charge in [-0.15, -0.1) is 11.3 Å². The van der Waals surface area contributed by atoms with E-state index in [1.165, 1.54) is 31.6 Å². The van der Waals surface area contributed by atoms with E-state index in [4.69, 9.17) is 0 Å². The summed E-state index contributed by atoms with van der Waals surface area (Å²) in [6, 6.07) is 41.6. The minimum atomic E-state index is -3.05. The molecule has 0 fully saturated rings. The minimum Gasteiger partial charge on any atom is -0.309 e. The van der Waals surface area contributed by atoms with E-state index in [1.807, 2.05) is 60.7 Å². The molecule has 0 unspecified atom stereocenters. The van der Waals surface area contributed by atoms with E-state index in [9.17, 15) is 0 Å². The Kier molecular flexibility index (Phi) is 4.67. The first-order valence-corrected chi connectivity index (χ1v) is 14.3. The summed E-state index contributed by atoms with van der Waals surface area (Å²) in [7, 11) is -3.05. The summed E-state index contributed by atoms with van der Waals surface area (Å²) in [5.74, 6) is 0. The summed E-state index contributed by atoms with van der Waals surface area (Å²) >= 11 is 1.77. The topological polar surface area (TPSA) is 17.1 Å². The highest BCUT2D eigenvalue weighted by molar-refractivity contribution is 7.85. The first-order valence-electron chi connectivity index (χ1n) is 11.7. The Bertz CT molecular complexity index is 1870. The lowest BCUT2D eigenvalue weighted by molar-refractivity contribution is 0.592. The molecule has 0 radical (unpaired) electrons. The van der Waals surface area contributed by atoms with Gasteiger partial charge in [-0.3, -0.25) is 0 Å². The SMILES string of the molecule is O=P(c1ccccc1)(c1ccccc1)c1ccc2ccc3ccc4ccc5sccc5c4c3c2c1. The van der Waals surface area contributed by atoms with Crippen LogP contribution < -0.4 is 15.9 Å². The van der Waals surface area contributed by atoms with Gasteiger partial charge in [0.1, 0.15) is 0 Å². The average Bonchev–Trinajstić information content (AvgIpc) is 3.42. The quantitative estimate of drug-likeness (QED) is 0.183. The van der Waals surface area contributed by atoms with Crippen molar-refractivity contribution in [1.82, 2.24) is 0 Å². The Morgan fingerprint density at radius 3 is 1.69 bits per heavy atom. The highest BCUT2D eigenvalue weighted by Crippen LogP contribution is 2.44. The van der Waals surface area contributed by atoms with Crippen LogP contribution in [0.5, 0.6) is 0 Å². The van der Waals surface area contributed by atoms with E-state index >= 15 is 4.57 Å². The third kappa shape index (κ3) is 3.11.